The Labute approximate surface area is 85.2 Å². The van der Waals surface area contributed by atoms with Gasteiger partial charge in [0, 0.05) is 16.2 Å². The van der Waals surface area contributed by atoms with Crippen molar-refractivity contribution in [2.75, 3.05) is 0 Å². The van der Waals surface area contributed by atoms with Gasteiger partial charge >= 0.3 is 0 Å². The van der Waals surface area contributed by atoms with Crippen LogP contribution in [0.5, 0.6) is 0 Å². The smallest absolute Gasteiger partial charge is 0.0982 e. The van der Waals surface area contributed by atoms with Crippen LogP contribution >= 0.6 is 11.3 Å². The quantitative estimate of drug-likeness (QED) is 0.617. The number of nitrogens with zero attached hydrogens (tertiary/aromatic N) is 1. The summed E-state index contributed by atoms with van der Waals surface area (Å²) in [6.07, 6.45) is 0. The molecule has 1 heterocycles. The van der Waals surface area contributed by atoms with Crippen LogP contribution in [0.1, 0.15) is 52.2 Å². The third-order valence-electron chi connectivity index (χ3n) is 1.91. The van der Waals surface area contributed by atoms with E-state index >= 15 is 0 Å². The summed E-state index contributed by atoms with van der Waals surface area (Å²) < 4.78 is 0. The largest absolute Gasteiger partial charge is 0.245 e. The van der Waals surface area contributed by atoms with E-state index in [4.69, 9.17) is 0 Å². The third kappa shape index (κ3) is 2.53. The monoisotopic (exact) mass is 197 g/mol. The highest BCUT2D eigenvalue weighted by atomic mass is 32.1. The van der Waals surface area contributed by atoms with Crippen LogP contribution in [0.4, 0.5) is 0 Å². The van der Waals surface area contributed by atoms with Gasteiger partial charge in [0.15, 0.2) is 0 Å². The first-order valence-electron chi connectivity index (χ1n) is 4.68. The summed E-state index contributed by atoms with van der Waals surface area (Å²) in [5, 5.41) is 3.41. The van der Waals surface area contributed by atoms with Crippen LogP contribution in [0.15, 0.2) is 5.38 Å². The van der Waals surface area contributed by atoms with E-state index < -0.39 is 0 Å². The summed E-state index contributed by atoms with van der Waals surface area (Å²) in [7, 11) is 0. The zero-order valence-electron chi connectivity index (χ0n) is 9.43. The Hall–Kier alpha value is -0.370. The fourth-order valence-electron chi connectivity index (χ4n) is 0.963. The molecule has 0 saturated carbocycles. The van der Waals surface area contributed by atoms with Crippen LogP contribution in [0, 0.1) is 0 Å². The van der Waals surface area contributed by atoms with Crippen LogP contribution in [-0.4, -0.2) is 4.98 Å². The van der Waals surface area contributed by atoms with Crippen molar-refractivity contribution in [2.24, 2.45) is 0 Å². The van der Waals surface area contributed by atoms with Gasteiger partial charge < -0.3 is 0 Å². The lowest BCUT2D eigenvalue weighted by molar-refractivity contribution is 0.547. The van der Waals surface area contributed by atoms with E-state index in [0.29, 0.717) is 0 Å². The first-order chi connectivity index (χ1) is 5.71. The molecule has 0 saturated heterocycles. The molecule has 0 unspecified atom stereocenters. The van der Waals surface area contributed by atoms with Crippen molar-refractivity contribution in [3.63, 3.8) is 0 Å². The molecular weight excluding hydrogens is 178 g/mol. The second-order valence-corrected chi connectivity index (χ2v) is 6.40. The highest BCUT2D eigenvalue weighted by Gasteiger charge is 2.22. The minimum atomic E-state index is 0.181. The Morgan fingerprint density at radius 1 is 1.00 bits per heavy atom. The fourth-order valence-corrected chi connectivity index (χ4v) is 2.10. The van der Waals surface area contributed by atoms with Crippen molar-refractivity contribution >= 4 is 11.3 Å². The maximum absolute atomic E-state index is 4.67. The van der Waals surface area contributed by atoms with E-state index in [2.05, 4.69) is 51.9 Å². The molecule has 0 bridgehead atoms. The first-order valence-corrected chi connectivity index (χ1v) is 5.56. The average Bonchev–Trinajstić information content (AvgIpc) is 2.28. The van der Waals surface area contributed by atoms with Crippen molar-refractivity contribution in [3.05, 3.63) is 16.1 Å². The summed E-state index contributed by atoms with van der Waals surface area (Å²) >= 11 is 1.77. The molecule has 0 aliphatic rings. The summed E-state index contributed by atoms with van der Waals surface area (Å²) in [6.45, 7) is 13.2. The molecule has 0 amide bonds. The van der Waals surface area contributed by atoms with Gasteiger partial charge in [-0.3, -0.25) is 0 Å². The van der Waals surface area contributed by atoms with Crippen LogP contribution in [0.2, 0.25) is 0 Å². The average molecular weight is 197 g/mol. The lowest BCUT2D eigenvalue weighted by Gasteiger charge is -2.17. The Morgan fingerprint density at radius 3 is 1.77 bits per heavy atom. The van der Waals surface area contributed by atoms with Crippen molar-refractivity contribution < 1.29 is 0 Å². The van der Waals surface area contributed by atoms with Crippen LogP contribution < -0.4 is 0 Å². The second-order valence-electron chi connectivity index (χ2n) is 5.54. The van der Waals surface area contributed by atoms with Crippen molar-refractivity contribution in [1.82, 2.24) is 4.98 Å². The van der Waals surface area contributed by atoms with E-state index in [1.807, 2.05) is 0 Å². The Morgan fingerprint density at radius 2 is 1.54 bits per heavy atom. The molecule has 13 heavy (non-hydrogen) atoms. The van der Waals surface area contributed by atoms with Crippen LogP contribution in [0.3, 0.4) is 0 Å². The predicted octanol–water partition coefficient (Wildman–Crippen LogP) is 3.74. The molecule has 1 aromatic rings. The van der Waals surface area contributed by atoms with Crippen molar-refractivity contribution in [1.29, 1.82) is 0 Å². The number of rotatable bonds is 0. The second kappa shape index (κ2) is 3.09. The van der Waals surface area contributed by atoms with Gasteiger partial charge in [0.25, 0.3) is 0 Å². The van der Waals surface area contributed by atoms with E-state index in [-0.39, 0.29) is 10.8 Å². The molecule has 1 rings (SSSR count). The zero-order valence-corrected chi connectivity index (χ0v) is 10.2. The predicted molar refractivity (Wildman–Crippen MR) is 59.5 cm³/mol. The molecule has 0 N–H and O–H groups in total. The van der Waals surface area contributed by atoms with Gasteiger partial charge in [0.2, 0.25) is 0 Å². The summed E-state index contributed by atoms with van der Waals surface area (Å²) in [4.78, 5) is 4.67. The lowest BCUT2D eigenvalue weighted by atomic mass is 9.92. The molecule has 0 fully saturated rings. The third-order valence-corrected chi connectivity index (χ3v) is 3.18. The zero-order chi connectivity index (χ0) is 10.3. The molecule has 1 aromatic heterocycles. The molecule has 0 atom stereocenters. The maximum atomic E-state index is 4.67. The van der Waals surface area contributed by atoms with E-state index in [9.17, 15) is 0 Å². The highest BCUT2D eigenvalue weighted by molar-refractivity contribution is 7.09. The van der Waals surface area contributed by atoms with Crippen LogP contribution in [0.25, 0.3) is 0 Å². The highest BCUT2D eigenvalue weighted by Crippen LogP contribution is 2.30. The van der Waals surface area contributed by atoms with Gasteiger partial charge in [-0.15, -0.1) is 11.3 Å². The molecule has 0 aromatic carbocycles. The van der Waals surface area contributed by atoms with Crippen LogP contribution in [-0.2, 0) is 10.8 Å². The minimum absolute atomic E-state index is 0.181. The lowest BCUT2D eigenvalue weighted by Crippen LogP contribution is -2.15. The van der Waals surface area contributed by atoms with Gasteiger partial charge in [0.1, 0.15) is 0 Å². The van der Waals surface area contributed by atoms with Gasteiger partial charge in [-0.25, -0.2) is 4.98 Å². The van der Waals surface area contributed by atoms with Gasteiger partial charge in [0.05, 0.1) is 10.7 Å². The standard InChI is InChI=1S/C11H19NS/c1-10(2,3)8-7-13-9(12-8)11(4,5)6/h7H,1-6H3. The first kappa shape index (κ1) is 10.7. The Bertz CT molecular complexity index is 257. The molecule has 0 spiro atoms. The number of thiazole rings is 1. The van der Waals surface area contributed by atoms with E-state index in [1.165, 1.54) is 10.7 Å². The molecule has 74 valence electrons. The molecule has 2 heteroatoms. The number of hydrogen-bond donors (Lipinski definition) is 0. The molecule has 0 aliphatic carbocycles. The van der Waals surface area contributed by atoms with Gasteiger partial charge in [-0.1, -0.05) is 41.5 Å². The Balaban J connectivity index is 3.01. The van der Waals surface area contributed by atoms with Gasteiger partial charge in [-0.2, -0.15) is 0 Å². The minimum Gasteiger partial charge on any atom is -0.245 e. The van der Waals surface area contributed by atoms with Crippen molar-refractivity contribution in [2.45, 2.75) is 52.4 Å². The number of hydrogen-bond acceptors (Lipinski definition) is 2. The normalized spacial score (nSPS) is 13.4. The Kier molecular flexibility index (Phi) is 2.54. The SMILES string of the molecule is CC(C)(C)c1csc(C(C)(C)C)n1. The molecular formula is C11H19NS. The summed E-state index contributed by atoms with van der Waals surface area (Å²) in [6, 6.07) is 0. The van der Waals surface area contributed by atoms with E-state index in [1.54, 1.807) is 11.3 Å². The fraction of sp³-hybridized carbons (Fsp3) is 0.727. The summed E-state index contributed by atoms with van der Waals surface area (Å²) in [5.41, 5.74) is 1.58. The molecule has 0 aliphatic heterocycles. The number of aromatic nitrogens is 1. The topological polar surface area (TPSA) is 12.9 Å². The maximum Gasteiger partial charge on any atom is 0.0982 e. The summed E-state index contributed by atoms with van der Waals surface area (Å²) in [5.74, 6) is 0. The van der Waals surface area contributed by atoms with Crippen molar-refractivity contribution in [3.8, 4) is 0 Å². The molecule has 1 nitrogen and oxygen atoms in total. The van der Waals surface area contributed by atoms with E-state index in [0.717, 1.165) is 0 Å². The van der Waals surface area contributed by atoms with Gasteiger partial charge in [-0.05, 0) is 0 Å². The molecule has 0 radical (unpaired) electrons.